The Bertz CT molecular complexity index is 637. The number of hydrogen-bond acceptors (Lipinski definition) is 3. The first kappa shape index (κ1) is 17.7. The Morgan fingerprint density at radius 1 is 1.41 bits per heavy atom. The molecule has 0 aromatic heterocycles. The Kier molecular flexibility index (Phi) is 5.84. The molecule has 1 N–H and O–H groups in total. The van der Waals surface area contributed by atoms with Crippen molar-refractivity contribution in [1.82, 2.24) is 0 Å². The van der Waals surface area contributed by atoms with Gasteiger partial charge in [-0.3, -0.25) is 0 Å². The number of carbonyl (C=O) groups is 1. The second-order valence-corrected chi connectivity index (χ2v) is 9.82. The van der Waals surface area contributed by atoms with Crippen LogP contribution in [0.5, 0.6) is 0 Å². The van der Waals surface area contributed by atoms with Crippen LogP contribution >= 0.6 is 23.4 Å². The van der Waals surface area contributed by atoms with Crippen molar-refractivity contribution in [2.45, 2.75) is 37.3 Å². The van der Waals surface area contributed by atoms with Crippen molar-refractivity contribution in [1.29, 1.82) is 0 Å². The molecular formula is C17H19ClO2SSe. The van der Waals surface area contributed by atoms with E-state index in [9.17, 15) is 9.90 Å². The van der Waals surface area contributed by atoms with Crippen molar-refractivity contribution >= 4 is 47.9 Å². The molecule has 1 aromatic rings. The minimum atomic E-state index is -0.599. The molecule has 118 valence electrons. The number of rotatable bonds is 5. The van der Waals surface area contributed by atoms with Crippen molar-refractivity contribution in [2.24, 2.45) is 0 Å². The van der Waals surface area contributed by atoms with Crippen LogP contribution in [0.1, 0.15) is 27.2 Å². The Morgan fingerprint density at radius 2 is 2.05 bits per heavy atom. The molecule has 0 aliphatic carbocycles. The normalized spacial score (nSPS) is 22.5. The van der Waals surface area contributed by atoms with E-state index in [2.05, 4.69) is 19.1 Å². The van der Waals surface area contributed by atoms with Crippen molar-refractivity contribution in [3.63, 3.8) is 0 Å². The van der Waals surface area contributed by atoms with E-state index in [1.165, 1.54) is 21.8 Å². The summed E-state index contributed by atoms with van der Waals surface area (Å²) in [6, 6.07) is 8.00. The molecule has 1 atom stereocenters. The standard InChI is InChI=1S/C17H19ClO2SSe/c1-11(8-9-22-14-6-4-13(18)5-7-14)10-17(3)15(19)12(2)16(20)21-17/h4-7,10,19H,8-9H2,1-3H3/b11-10+/t17-/m0/s1. The van der Waals surface area contributed by atoms with Crippen molar-refractivity contribution in [3.05, 3.63) is 52.3 Å². The number of aliphatic hydroxyl groups excluding tert-OH is 1. The third-order valence-electron chi connectivity index (χ3n) is 3.54. The summed E-state index contributed by atoms with van der Waals surface area (Å²) >= 11 is 7.49. The van der Waals surface area contributed by atoms with Crippen LogP contribution in [0.15, 0.2) is 47.2 Å². The van der Waals surface area contributed by atoms with E-state index in [4.69, 9.17) is 11.6 Å². The molecule has 0 fully saturated rings. The third-order valence-corrected chi connectivity index (χ3v) is 7.14. The van der Waals surface area contributed by atoms with Gasteiger partial charge in [-0.15, -0.1) is 0 Å². The van der Waals surface area contributed by atoms with Crippen LogP contribution in [-0.2, 0) is 4.79 Å². The molecule has 1 aliphatic rings. The summed E-state index contributed by atoms with van der Waals surface area (Å²) in [6.07, 6.45) is 3.00. The van der Waals surface area contributed by atoms with Gasteiger partial charge in [-0.25, -0.2) is 0 Å². The Morgan fingerprint density at radius 3 is 2.59 bits per heavy atom. The quantitative estimate of drug-likeness (QED) is 0.591. The fourth-order valence-corrected chi connectivity index (χ4v) is 5.63. The van der Waals surface area contributed by atoms with Gasteiger partial charge in [0, 0.05) is 0 Å². The molecule has 0 saturated heterocycles. The van der Waals surface area contributed by atoms with Gasteiger partial charge in [0.25, 0.3) is 0 Å². The van der Waals surface area contributed by atoms with E-state index in [1.807, 2.05) is 25.1 Å². The number of allylic oxidation sites excluding steroid dienone is 1. The molecule has 0 spiro atoms. The van der Waals surface area contributed by atoms with Crippen LogP contribution in [0.25, 0.3) is 0 Å². The van der Waals surface area contributed by atoms with Gasteiger partial charge in [0.2, 0.25) is 0 Å². The predicted octanol–water partition coefficient (Wildman–Crippen LogP) is 4.29. The monoisotopic (exact) mass is 402 g/mol. The van der Waals surface area contributed by atoms with Gasteiger partial charge in [0.1, 0.15) is 0 Å². The Balaban J connectivity index is 1.93. The molecular weight excluding hydrogens is 383 g/mol. The molecule has 0 bridgehead atoms. The van der Waals surface area contributed by atoms with Crippen LogP contribution in [0.4, 0.5) is 0 Å². The van der Waals surface area contributed by atoms with Crippen molar-refractivity contribution in [2.75, 3.05) is 0 Å². The number of halogens is 1. The van der Waals surface area contributed by atoms with Gasteiger partial charge in [-0.2, -0.15) is 0 Å². The number of hydrogen-bond donors (Lipinski definition) is 1. The maximum atomic E-state index is 11.7. The van der Waals surface area contributed by atoms with E-state index < -0.39 is 4.75 Å². The van der Waals surface area contributed by atoms with Gasteiger partial charge in [-0.1, -0.05) is 0 Å². The molecule has 0 unspecified atom stereocenters. The molecule has 2 rings (SSSR count). The third kappa shape index (κ3) is 4.20. The van der Waals surface area contributed by atoms with Crippen LogP contribution < -0.4 is 4.46 Å². The SMILES string of the molecule is CC1=C(O)[C@](C)(/C=C(\C)CC[Se]c2ccc(Cl)cc2)SC1=O. The molecule has 0 saturated carbocycles. The predicted molar refractivity (Wildman–Crippen MR) is 96.4 cm³/mol. The van der Waals surface area contributed by atoms with Crippen LogP contribution in [0, 0.1) is 0 Å². The van der Waals surface area contributed by atoms with E-state index in [0.29, 0.717) is 20.5 Å². The average molecular weight is 402 g/mol. The van der Waals surface area contributed by atoms with Crippen LogP contribution in [-0.4, -0.2) is 29.9 Å². The average Bonchev–Trinajstić information content (AvgIpc) is 2.64. The maximum absolute atomic E-state index is 11.7. The summed E-state index contributed by atoms with van der Waals surface area (Å²) in [4.78, 5) is 11.7. The van der Waals surface area contributed by atoms with Gasteiger partial charge in [-0.05, 0) is 0 Å². The van der Waals surface area contributed by atoms with Gasteiger partial charge >= 0.3 is 147 Å². The molecule has 22 heavy (non-hydrogen) atoms. The summed E-state index contributed by atoms with van der Waals surface area (Å²) in [5.41, 5.74) is 1.68. The number of benzene rings is 1. The summed E-state index contributed by atoms with van der Waals surface area (Å²) in [5, 5.41) is 12.0. The van der Waals surface area contributed by atoms with E-state index in [-0.39, 0.29) is 10.9 Å². The van der Waals surface area contributed by atoms with E-state index in [1.54, 1.807) is 6.92 Å². The molecule has 2 nitrogen and oxygen atoms in total. The van der Waals surface area contributed by atoms with Crippen molar-refractivity contribution < 1.29 is 9.90 Å². The van der Waals surface area contributed by atoms with Crippen molar-refractivity contribution in [3.8, 4) is 0 Å². The van der Waals surface area contributed by atoms with E-state index in [0.717, 1.165) is 16.8 Å². The van der Waals surface area contributed by atoms with Gasteiger partial charge in [0.15, 0.2) is 0 Å². The second kappa shape index (κ2) is 7.27. The Hall–Kier alpha value is -0.671. The molecule has 5 heteroatoms. The summed E-state index contributed by atoms with van der Waals surface area (Å²) in [5.74, 6) is 0.199. The first-order valence-corrected chi connectivity index (χ1v) is 10.3. The molecule has 1 heterocycles. The summed E-state index contributed by atoms with van der Waals surface area (Å²) in [6.45, 7) is 5.65. The minimum absolute atomic E-state index is 0.0329. The first-order valence-electron chi connectivity index (χ1n) is 7.02. The fourth-order valence-electron chi connectivity index (χ4n) is 2.29. The molecule has 1 aliphatic heterocycles. The second-order valence-electron chi connectivity index (χ2n) is 5.51. The van der Waals surface area contributed by atoms with Gasteiger partial charge < -0.3 is 0 Å². The van der Waals surface area contributed by atoms with Crippen LogP contribution in [0.2, 0.25) is 10.3 Å². The molecule has 0 radical (unpaired) electrons. The molecule has 0 amide bonds. The number of thioether (sulfide) groups is 1. The first-order chi connectivity index (χ1) is 10.3. The number of carbonyl (C=O) groups excluding carboxylic acids is 1. The molecule has 1 aromatic carbocycles. The van der Waals surface area contributed by atoms with Crippen LogP contribution in [0.3, 0.4) is 0 Å². The van der Waals surface area contributed by atoms with Gasteiger partial charge in [0.05, 0.1) is 0 Å². The fraction of sp³-hybridized carbons (Fsp3) is 0.353. The Labute approximate surface area is 147 Å². The van der Waals surface area contributed by atoms with E-state index >= 15 is 0 Å². The number of aliphatic hydroxyl groups is 1. The summed E-state index contributed by atoms with van der Waals surface area (Å²) in [7, 11) is 0. The zero-order chi connectivity index (χ0) is 16.3. The zero-order valence-electron chi connectivity index (χ0n) is 12.9. The summed E-state index contributed by atoms with van der Waals surface area (Å²) < 4.78 is 0.735. The topological polar surface area (TPSA) is 37.3 Å². The zero-order valence-corrected chi connectivity index (χ0v) is 16.1.